The van der Waals surface area contributed by atoms with Crippen LogP contribution in [0.2, 0.25) is 10.2 Å². The number of benzene rings is 2. The molecule has 3 aromatic rings. The van der Waals surface area contributed by atoms with Gasteiger partial charge in [-0.05, 0) is 42.8 Å². The zero-order chi connectivity index (χ0) is 19.4. The molecule has 142 valence electrons. The number of hydrogen-bond acceptors (Lipinski definition) is 3. The fourth-order valence-corrected chi connectivity index (χ4v) is 4.60. The van der Waals surface area contributed by atoms with Crippen molar-refractivity contribution < 1.29 is 8.42 Å². The van der Waals surface area contributed by atoms with Crippen LogP contribution in [-0.2, 0) is 16.6 Å². The first kappa shape index (κ1) is 20.1. The Morgan fingerprint density at radius 1 is 1.04 bits per heavy atom. The minimum Gasteiger partial charge on any atom is -0.236 e. The van der Waals surface area contributed by atoms with Gasteiger partial charge in [-0.3, -0.25) is 0 Å². The molecule has 1 heterocycles. The number of hydrogen-bond donors (Lipinski definition) is 0. The number of rotatable bonds is 7. The van der Waals surface area contributed by atoms with E-state index in [1.807, 2.05) is 37.3 Å². The molecule has 0 N–H and O–H groups in total. The lowest BCUT2D eigenvalue weighted by atomic mass is 10.1. The number of para-hydroxylation sites is 1. The van der Waals surface area contributed by atoms with Gasteiger partial charge >= 0.3 is 0 Å². The summed E-state index contributed by atoms with van der Waals surface area (Å²) in [5.41, 5.74) is 1.47. The fourth-order valence-electron chi connectivity index (χ4n) is 2.81. The zero-order valence-corrected chi connectivity index (χ0v) is 17.2. The molecule has 0 unspecified atom stereocenters. The second-order valence-corrected chi connectivity index (χ2v) is 9.01. The minimum absolute atomic E-state index is 0.168. The predicted octanol–water partition coefficient (Wildman–Crippen LogP) is 5.53. The standard InChI is InChI=1S/C20H20Cl2N2O2S/c1-2-3-12-24(27(25,26)18-10-8-17(21)9-11-18)14-16-13-15-6-4-5-7-19(15)23-20(16)22/h4-11,13H,2-3,12,14H2,1H3. The van der Waals surface area contributed by atoms with Crippen molar-refractivity contribution in [3.05, 3.63) is 70.3 Å². The molecule has 0 aliphatic heterocycles. The third-order valence-electron chi connectivity index (χ3n) is 4.31. The second-order valence-electron chi connectivity index (χ2n) is 6.28. The molecule has 1 aromatic heterocycles. The van der Waals surface area contributed by atoms with Crippen LogP contribution in [0.1, 0.15) is 25.3 Å². The third kappa shape index (κ3) is 4.61. The molecule has 4 nitrogen and oxygen atoms in total. The zero-order valence-electron chi connectivity index (χ0n) is 14.9. The monoisotopic (exact) mass is 422 g/mol. The van der Waals surface area contributed by atoms with Gasteiger partial charge in [0.15, 0.2) is 0 Å². The van der Waals surface area contributed by atoms with Gasteiger partial charge in [-0.2, -0.15) is 4.31 Å². The van der Waals surface area contributed by atoms with Gasteiger partial charge in [0.1, 0.15) is 5.15 Å². The van der Waals surface area contributed by atoms with E-state index in [9.17, 15) is 8.42 Å². The Kier molecular flexibility index (Phi) is 6.37. The summed E-state index contributed by atoms with van der Waals surface area (Å²) in [7, 11) is -3.67. The van der Waals surface area contributed by atoms with Gasteiger partial charge in [0.05, 0.1) is 10.4 Å². The Balaban J connectivity index is 1.98. The van der Waals surface area contributed by atoms with E-state index in [1.165, 1.54) is 16.4 Å². The first-order valence-corrected chi connectivity index (χ1v) is 10.9. The molecule has 0 aliphatic rings. The SMILES string of the molecule is CCCCN(Cc1cc2ccccc2nc1Cl)S(=O)(=O)c1ccc(Cl)cc1. The van der Waals surface area contributed by atoms with Crippen LogP contribution in [-0.4, -0.2) is 24.3 Å². The lowest BCUT2D eigenvalue weighted by Gasteiger charge is -2.23. The van der Waals surface area contributed by atoms with E-state index in [-0.39, 0.29) is 11.4 Å². The molecule has 0 fully saturated rings. The van der Waals surface area contributed by atoms with Crippen LogP contribution in [0.25, 0.3) is 10.9 Å². The van der Waals surface area contributed by atoms with Crippen LogP contribution in [0.15, 0.2) is 59.5 Å². The van der Waals surface area contributed by atoms with Crippen molar-refractivity contribution >= 4 is 44.1 Å². The van der Waals surface area contributed by atoms with Gasteiger partial charge < -0.3 is 0 Å². The highest BCUT2D eigenvalue weighted by Gasteiger charge is 2.25. The van der Waals surface area contributed by atoms with E-state index in [1.54, 1.807) is 12.1 Å². The van der Waals surface area contributed by atoms with Crippen molar-refractivity contribution in [1.82, 2.24) is 9.29 Å². The van der Waals surface area contributed by atoms with E-state index in [4.69, 9.17) is 23.2 Å². The predicted molar refractivity (Wildman–Crippen MR) is 111 cm³/mol. The highest BCUT2D eigenvalue weighted by molar-refractivity contribution is 7.89. The molecule has 0 radical (unpaired) electrons. The Bertz CT molecular complexity index is 1040. The second kappa shape index (κ2) is 8.57. The lowest BCUT2D eigenvalue weighted by Crippen LogP contribution is -2.31. The first-order chi connectivity index (χ1) is 12.9. The highest BCUT2D eigenvalue weighted by atomic mass is 35.5. The summed E-state index contributed by atoms with van der Waals surface area (Å²) >= 11 is 12.2. The van der Waals surface area contributed by atoms with Gasteiger partial charge in [0.2, 0.25) is 10.0 Å². The van der Waals surface area contributed by atoms with E-state index < -0.39 is 10.0 Å². The van der Waals surface area contributed by atoms with Gasteiger partial charge in [-0.25, -0.2) is 13.4 Å². The van der Waals surface area contributed by atoms with Crippen LogP contribution in [0.3, 0.4) is 0 Å². The van der Waals surface area contributed by atoms with E-state index in [0.29, 0.717) is 22.3 Å². The maximum absolute atomic E-state index is 13.1. The Morgan fingerprint density at radius 3 is 2.44 bits per heavy atom. The molecule has 2 aromatic carbocycles. The minimum atomic E-state index is -3.67. The van der Waals surface area contributed by atoms with E-state index in [0.717, 1.165) is 23.7 Å². The lowest BCUT2D eigenvalue weighted by molar-refractivity contribution is 0.398. The van der Waals surface area contributed by atoms with Crippen molar-refractivity contribution in [1.29, 1.82) is 0 Å². The van der Waals surface area contributed by atoms with Crippen molar-refractivity contribution in [2.45, 2.75) is 31.2 Å². The van der Waals surface area contributed by atoms with Gasteiger partial charge in [0, 0.05) is 29.1 Å². The quantitative estimate of drug-likeness (QED) is 0.470. The Morgan fingerprint density at radius 2 is 1.74 bits per heavy atom. The molecular weight excluding hydrogens is 403 g/mol. The summed E-state index contributed by atoms with van der Waals surface area (Å²) in [5.74, 6) is 0. The molecule has 0 saturated heterocycles. The number of fused-ring (bicyclic) bond motifs is 1. The number of unbranched alkanes of at least 4 members (excludes halogenated alkanes) is 1. The summed E-state index contributed by atoms with van der Waals surface area (Å²) in [6.45, 7) is 2.60. The molecule has 0 aliphatic carbocycles. The summed E-state index contributed by atoms with van der Waals surface area (Å²) in [6.07, 6.45) is 1.64. The maximum Gasteiger partial charge on any atom is 0.243 e. The Hall–Kier alpha value is -1.66. The number of sulfonamides is 1. The number of aromatic nitrogens is 1. The molecule has 0 spiro atoms. The molecule has 0 atom stereocenters. The van der Waals surface area contributed by atoms with Gasteiger partial charge in [0.25, 0.3) is 0 Å². The van der Waals surface area contributed by atoms with Crippen LogP contribution >= 0.6 is 23.2 Å². The molecule has 3 rings (SSSR count). The average Bonchev–Trinajstić information content (AvgIpc) is 2.65. The largest absolute Gasteiger partial charge is 0.243 e. The normalized spacial score (nSPS) is 12.0. The summed E-state index contributed by atoms with van der Waals surface area (Å²) in [5, 5.41) is 1.74. The molecular formula is C20H20Cl2N2O2S. The molecule has 0 saturated carbocycles. The van der Waals surface area contributed by atoms with Crippen molar-refractivity contribution in [2.75, 3.05) is 6.54 Å². The Labute approximate surface area is 169 Å². The number of pyridine rings is 1. The third-order valence-corrected chi connectivity index (χ3v) is 6.75. The van der Waals surface area contributed by atoms with Crippen LogP contribution in [0, 0.1) is 0 Å². The summed E-state index contributed by atoms with van der Waals surface area (Å²) in [6, 6.07) is 15.7. The average molecular weight is 423 g/mol. The molecule has 27 heavy (non-hydrogen) atoms. The van der Waals surface area contributed by atoms with Crippen molar-refractivity contribution in [3.8, 4) is 0 Å². The number of halogens is 2. The topological polar surface area (TPSA) is 50.3 Å². The van der Waals surface area contributed by atoms with E-state index in [2.05, 4.69) is 4.98 Å². The van der Waals surface area contributed by atoms with Crippen molar-refractivity contribution in [2.24, 2.45) is 0 Å². The van der Waals surface area contributed by atoms with Gasteiger partial charge in [-0.15, -0.1) is 0 Å². The smallest absolute Gasteiger partial charge is 0.236 e. The van der Waals surface area contributed by atoms with Gasteiger partial charge in [-0.1, -0.05) is 54.7 Å². The fraction of sp³-hybridized carbons (Fsp3) is 0.250. The molecule has 0 amide bonds. The van der Waals surface area contributed by atoms with Crippen LogP contribution < -0.4 is 0 Å². The summed E-state index contributed by atoms with van der Waals surface area (Å²) < 4.78 is 27.8. The molecule has 7 heteroatoms. The summed E-state index contributed by atoms with van der Waals surface area (Å²) in [4.78, 5) is 4.62. The van der Waals surface area contributed by atoms with E-state index >= 15 is 0 Å². The van der Waals surface area contributed by atoms with Crippen LogP contribution in [0.5, 0.6) is 0 Å². The van der Waals surface area contributed by atoms with Crippen LogP contribution in [0.4, 0.5) is 0 Å². The first-order valence-electron chi connectivity index (χ1n) is 8.71. The van der Waals surface area contributed by atoms with Crippen molar-refractivity contribution in [3.63, 3.8) is 0 Å². The molecule has 0 bridgehead atoms. The highest BCUT2D eigenvalue weighted by Crippen LogP contribution is 2.25. The maximum atomic E-state index is 13.1. The number of nitrogens with zero attached hydrogens (tertiary/aromatic N) is 2.